The van der Waals surface area contributed by atoms with Crippen molar-refractivity contribution >= 4 is 0 Å². The van der Waals surface area contributed by atoms with Crippen molar-refractivity contribution in [3.8, 4) is 0 Å². The normalized spacial score (nSPS) is 27.3. The van der Waals surface area contributed by atoms with E-state index in [4.69, 9.17) is 4.74 Å². The lowest BCUT2D eigenvalue weighted by atomic mass is 9.80. The van der Waals surface area contributed by atoms with Crippen molar-refractivity contribution in [2.24, 2.45) is 5.41 Å². The third kappa shape index (κ3) is 4.89. The van der Waals surface area contributed by atoms with Crippen molar-refractivity contribution in [3.05, 3.63) is 0 Å². The molecule has 0 radical (unpaired) electrons. The fraction of sp³-hybridized carbons (Fsp3) is 1.00. The van der Waals surface area contributed by atoms with Gasteiger partial charge in [0.05, 0.1) is 6.10 Å². The average Bonchev–Trinajstić information content (AvgIpc) is 3.04. The zero-order valence-corrected chi connectivity index (χ0v) is 12.3. The molecular formula is C16H31NO. The Balaban J connectivity index is 1.65. The SMILES string of the molecule is CCCC(C)(CCCC1CCCO1)CNC1CC1. The van der Waals surface area contributed by atoms with Gasteiger partial charge in [0.1, 0.15) is 0 Å². The molecule has 1 N–H and O–H groups in total. The van der Waals surface area contributed by atoms with E-state index < -0.39 is 0 Å². The lowest BCUT2D eigenvalue weighted by Gasteiger charge is -2.30. The zero-order valence-electron chi connectivity index (χ0n) is 12.3. The van der Waals surface area contributed by atoms with Crippen LogP contribution in [0.4, 0.5) is 0 Å². The minimum absolute atomic E-state index is 0.510. The van der Waals surface area contributed by atoms with Gasteiger partial charge in [-0.3, -0.25) is 0 Å². The second kappa shape index (κ2) is 6.91. The van der Waals surface area contributed by atoms with Gasteiger partial charge in [-0.1, -0.05) is 26.7 Å². The Bertz CT molecular complexity index is 233. The van der Waals surface area contributed by atoms with Crippen molar-refractivity contribution in [2.45, 2.75) is 83.8 Å². The summed E-state index contributed by atoms with van der Waals surface area (Å²) in [7, 11) is 0. The van der Waals surface area contributed by atoms with E-state index in [9.17, 15) is 0 Å². The topological polar surface area (TPSA) is 21.3 Å². The number of ether oxygens (including phenoxy) is 1. The first-order chi connectivity index (χ1) is 8.72. The van der Waals surface area contributed by atoms with Gasteiger partial charge in [-0.15, -0.1) is 0 Å². The largest absolute Gasteiger partial charge is 0.378 e. The van der Waals surface area contributed by atoms with Gasteiger partial charge >= 0.3 is 0 Å². The van der Waals surface area contributed by atoms with Crippen molar-refractivity contribution in [2.75, 3.05) is 13.2 Å². The molecule has 0 spiro atoms. The minimum atomic E-state index is 0.510. The molecule has 1 saturated carbocycles. The van der Waals surface area contributed by atoms with Gasteiger partial charge < -0.3 is 10.1 Å². The molecule has 2 atom stereocenters. The third-order valence-corrected chi connectivity index (χ3v) is 4.58. The first-order valence-corrected chi connectivity index (χ1v) is 8.07. The van der Waals surface area contributed by atoms with Gasteiger partial charge in [0, 0.05) is 19.2 Å². The Kier molecular flexibility index (Phi) is 5.50. The summed E-state index contributed by atoms with van der Waals surface area (Å²) >= 11 is 0. The molecule has 18 heavy (non-hydrogen) atoms. The standard InChI is InChI=1S/C16H31NO/c1-3-10-16(2,13-17-14-8-9-14)11-4-6-15-7-5-12-18-15/h14-15,17H,3-13H2,1-2H3. The van der Waals surface area contributed by atoms with Crippen LogP contribution >= 0.6 is 0 Å². The van der Waals surface area contributed by atoms with E-state index in [-0.39, 0.29) is 0 Å². The van der Waals surface area contributed by atoms with Gasteiger partial charge in [0.15, 0.2) is 0 Å². The first-order valence-electron chi connectivity index (χ1n) is 8.07. The number of rotatable bonds is 9. The molecule has 0 amide bonds. The van der Waals surface area contributed by atoms with Gasteiger partial charge in [0.2, 0.25) is 0 Å². The highest BCUT2D eigenvalue weighted by Gasteiger charge is 2.28. The van der Waals surface area contributed by atoms with Crippen LogP contribution in [0.2, 0.25) is 0 Å². The fourth-order valence-corrected chi connectivity index (χ4v) is 3.21. The maximum absolute atomic E-state index is 5.72. The summed E-state index contributed by atoms with van der Waals surface area (Å²) < 4.78 is 5.72. The van der Waals surface area contributed by atoms with Crippen LogP contribution in [-0.2, 0) is 4.74 Å². The van der Waals surface area contributed by atoms with Crippen molar-refractivity contribution in [3.63, 3.8) is 0 Å². The van der Waals surface area contributed by atoms with Crippen LogP contribution in [0.1, 0.15) is 71.6 Å². The molecule has 1 aliphatic heterocycles. The molecule has 0 bridgehead atoms. The summed E-state index contributed by atoms with van der Waals surface area (Å²) in [6, 6.07) is 0.847. The van der Waals surface area contributed by atoms with Crippen LogP contribution < -0.4 is 5.32 Å². The Labute approximate surface area is 113 Å². The van der Waals surface area contributed by atoms with Gasteiger partial charge in [-0.25, -0.2) is 0 Å². The third-order valence-electron chi connectivity index (χ3n) is 4.58. The van der Waals surface area contributed by atoms with Crippen LogP contribution in [0.5, 0.6) is 0 Å². The van der Waals surface area contributed by atoms with Crippen LogP contribution in [-0.4, -0.2) is 25.3 Å². The fourth-order valence-electron chi connectivity index (χ4n) is 3.21. The van der Waals surface area contributed by atoms with E-state index in [1.165, 1.54) is 64.3 Å². The summed E-state index contributed by atoms with van der Waals surface area (Å²) in [6.07, 6.45) is 12.6. The second-order valence-electron chi connectivity index (χ2n) is 6.74. The Morgan fingerprint density at radius 3 is 2.67 bits per heavy atom. The summed E-state index contributed by atoms with van der Waals surface area (Å²) in [5, 5.41) is 3.73. The van der Waals surface area contributed by atoms with E-state index in [1.54, 1.807) is 0 Å². The predicted octanol–water partition coefficient (Wildman–Crippen LogP) is 3.89. The molecule has 2 heteroatoms. The summed E-state index contributed by atoms with van der Waals surface area (Å²) in [6.45, 7) is 7.01. The van der Waals surface area contributed by atoms with Crippen LogP contribution in [0.3, 0.4) is 0 Å². The van der Waals surface area contributed by atoms with Gasteiger partial charge in [-0.05, 0) is 50.4 Å². The molecule has 106 valence electrons. The lowest BCUT2D eigenvalue weighted by Crippen LogP contribution is -2.33. The van der Waals surface area contributed by atoms with E-state index in [0.717, 1.165) is 12.6 Å². The minimum Gasteiger partial charge on any atom is -0.378 e. The smallest absolute Gasteiger partial charge is 0.0576 e. The highest BCUT2D eigenvalue weighted by atomic mass is 16.5. The van der Waals surface area contributed by atoms with Crippen LogP contribution in [0.25, 0.3) is 0 Å². The molecule has 2 nitrogen and oxygen atoms in total. The molecular weight excluding hydrogens is 222 g/mol. The molecule has 2 fully saturated rings. The Morgan fingerprint density at radius 1 is 1.22 bits per heavy atom. The number of hydrogen-bond acceptors (Lipinski definition) is 2. The van der Waals surface area contributed by atoms with Crippen LogP contribution in [0.15, 0.2) is 0 Å². The van der Waals surface area contributed by atoms with E-state index in [2.05, 4.69) is 19.2 Å². The number of hydrogen-bond donors (Lipinski definition) is 1. The summed E-state index contributed by atoms with van der Waals surface area (Å²) in [4.78, 5) is 0. The summed E-state index contributed by atoms with van der Waals surface area (Å²) in [5.41, 5.74) is 0.510. The van der Waals surface area contributed by atoms with E-state index in [0.29, 0.717) is 11.5 Å². The molecule has 1 aliphatic carbocycles. The molecule has 0 aromatic rings. The molecule has 2 unspecified atom stereocenters. The highest BCUT2D eigenvalue weighted by molar-refractivity contribution is 4.85. The van der Waals surface area contributed by atoms with Crippen molar-refractivity contribution in [1.82, 2.24) is 5.32 Å². The molecule has 1 heterocycles. The zero-order chi connectivity index (χ0) is 12.8. The van der Waals surface area contributed by atoms with E-state index in [1.807, 2.05) is 0 Å². The maximum Gasteiger partial charge on any atom is 0.0576 e. The molecule has 0 aromatic heterocycles. The second-order valence-corrected chi connectivity index (χ2v) is 6.74. The predicted molar refractivity (Wildman–Crippen MR) is 76.9 cm³/mol. The quantitative estimate of drug-likeness (QED) is 0.673. The molecule has 2 aliphatic rings. The highest BCUT2D eigenvalue weighted by Crippen LogP contribution is 2.32. The van der Waals surface area contributed by atoms with Gasteiger partial charge in [0.25, 0.3) is 0 Å². The first kappa shape index (κ1) is 14.3. The van der Waals surface area contributed by atoms with Crippen LogP contribution in [0, 0.1) is 5.41 Å². The van der Waals surface area contributed by atoms with Crippen molar-refractivity contribution in [1.29, 1.82) is 0 Å². The van der Waals surface area contributed by atoms with Crippen molar-refractivity contribution < 1.29 is 4.74 Å². The Hall–Kier alpha value is -0.0800. The Morgan fingerprint density at radius 2 is 2.06 bits per heavy atom. The van der Waals surface area contributed by atoms with E-state index >= 15 is 0 Å². The molecule has 0 aromatic carbocycles. The van der Waals surface area contributed by atoms with Gasteiger partial charge in [-0.2, -0.15) is 0 Å². The molecule has 2 rings (SSSR count). The average molecular weight is 253 g/mol. The number of nitrogens with one attached hydrogen (secondary N) is 1. The maximum atomic E-state index is 5.72. The summed E-state index contributed by atoms with van der Waals surface area (Å²) in [5.74, 6) is 0. The lowest BCUT2D eigenvalue weighted by molar-refractivity contribution is 0.0972. The molecule has 1 saturated heterocycles. The monoisotopic (exact) mass is 253 g/mol.